The van der Waals surface area contributed by atoms with E-state index in [0.717, 1.165) is 0 Å². The maximum Gasteiger partial charge on any atom is 0.261 e. The van der Waals surface area contributed by atoms with Crippen LogP contribution in [-0.2, 0) is 18.6 Å². The fourth-order valence-electron chi connectivity index (χ4n) is 5.16. The van der Waals surface area contributed by atoms with Crippen molar-refractivity contribution >= 4 is 26.5 Å². The number of fused-ring (bicyclic) bond motifs is 2. The molecule has 2 heterocycles. The Morgan fingerprint density at radius 3 is 2.10 bits per heavy atom. The van der Waals surface area contributed by atoms with Crippen LogP contribution in [0.25, 0.3) is 0 Å². The molecule has 2 aromatic rings. The number of rotatable bonds is 6. The van der Waals surface area contributed by atoms with Crippen LogP contribution >= 0.6 is 0 Å². The van der Waals surface area contributed by atoms with Crippen molar-refractivity contribution in [3.63, 3.8) is 0 Å². The van der Waals surface area contributed by atoms with Crippen molar-refractivity contribution in [2.75, 3.05) is 20.3 Å². The third kappa shape index (κ3) is 3.49. The molecular formula is C24H31BO4Si. The fourth-order valence-corrected chi connectivity index (χ4v) is 9.77. The monoisotopic (exact) mass is 422 g/mol. The molecule has 4 rings (SSSR count). The molecule has 4 nitrogen and oxygen atoms in total. The van der Waals surface area contributed by atoms with Gasteiger partial charge in [-0.3, -0.25) is 0 Å². The molecular weight excluding hydrogens is 391 g/mol. The molecule has 0 saturated carbocycles. The number of methoxy groups -OCH3 is 1. The quantitative estimate of drug-likeness (QED) is 0.671. The van der Waals surface area contributed by atoms with Gasteiger partial charge in [-0.1, -0.05) is 81.4 Å². The van der Waals surface area contributed by atoms with Crippen LogP contribution < -0.4 is 10.4 Å². The molecule has 2 aliphatic heterocycles. The summed E-state index contributed by atoms with van der Waals surface area (Å²) >= 11 is 0. The van der Waals surface area contributed by atoms with E-state index in [9.17, 15) is 0 Å². The second-order valence-corrected chi connectivity index (χ2v) is 13.6. The molecule has 0 amide bonds. The molecule has 0 unspecified atom stereocenters. The van der Waals surface area contributed by atoms with Crippen molar-refractivity contribution in [3.8, 4) is 0 Å². The first kappa shape index (κ1) is 21.8. The summed E-state index contributed by atoms with van der Waals surface area (Å²) in [6, 6.07) is 20.8. The molecule has 6 heteroatoms. The summed E-state index contributed by atoms with van der Waals surface area (Å²) in [6.07, 6.45) is 0.208. The Kier molecular flexibility index (Phi) is 5.99. The normalized spacial score (nSPS) is 29.1. The molecule has 2 aromatic carbocycles. The Labute approximate surface area is 182 Å². The Bertz CT molecular complexity index is 802. The zero-order valence-corrected chi connectivity index (χ0v) is 19.3. The summed E-state index contributed by atoms with van der Waals surface area (Å²) in [5.41, 5.74) is -0.593. The van der Waals surface area contributed by atoms with Gasteiger partial charge >= 0.3 is 0 Å². The number of hydrogen-bond acceptors (Lipinski definition) is 4. The first-order valence-corrected chi connectivity index (χ1v) is 12.6. The molecule has 0 aromatic heterocycles. The van der Waals surface area contributed by atoms with Gasteiger partial charge < -0.3 is 18.6 Å². The molecule has 2 bridgehead atoms. The van der Waals surface area contributed by atoms with E-state index in [2.05, 4.69) is 81.4 Å². The van der Waals surface area contributed by atoms with Crippen LogP contribution in [0.15, 0.2) is 60.7 Å². The average Bonchev–Trinajstić information content (AvgIpc) is 2.89. The second kappa shape index (κ2) is 8.25. The lowest BCUT2D eigenvalue weighted by molar-refractivity contribution is -0.148. The van der Waals surface area contributed by atoms with E-state index in [1.165, 1.54) is 10.4 Å². The maximum absolute atomic E-state index is 7.13. The molecule has 2 aliphatic rings. The average molecular weight is 422 g/mol. The third-order valence-electron chi connectivity index (χ3n) is 6.55. The van der Waals surface area contributed by atoms with Gasteiger partial charge in [0.25, 0.3) is 8.32 Å². The summed E-state index contributed by atoms with van der Waals surface area (Å²) in [5.74, 6) is 0. The van der Waals surface area contributed by atoms with E-state index in [0.29, 0.717) is 19.6 Å². The minimum absolute atomic E-state index is 0.0970. The van der Waals surface area contributed by atoms with Gasteiger partial charge in [0.2, 0.25) is 0 Å². The van der Waals surface area contributed by atoms with Crippen molar-refractivity contribution in [1.29, 1.82) is 0 Å². The Hall–Kier alpha value is -1.44. The van der Waals surface area contributed by atoms with E-state index >= 15 is 0 Å². The van der Waals surface area contributed by atoms with Crippen molar-refractivity contribution in [2.24, 2.45) is 0 Å². The second-order valence-electron chi connectivity index (χ2n) is 9.34. The molecule has 30 heavy (non-hydrogen) atoms. The molecule has 4 atom stereocenters. The van der Waals surface area contributed by atoms with Gasteiger partial charge in [0.15, 0.2) is 0 Å². The van der Waals surface area contributed by atoms with Gasteiger partial charge in [0.1, 0.15) is 25.7 Å². The smallest absolute Gasteiger partial charge is 0.261 e. The van der Waals surface area contributed by atoms with E-state index < -0.39 is 19.9 Å². The number of ether oxygens (including phenoxy) is 3. The molecule has 158 valence electrons. The Balaban J connectivity index is 1.78. The van der Waals surface area contributed by atoms with Crippen LogP contribution in [0.1, 0.15) is 27.2 Å². The largest absolute Gasteiger partial charge is 0.404 e. The standard InChI is InChI=1S/C24H31BO4Si/c1-23(2,3)30(18-11-7-5-8-12-18,19-13-9-6-10-14-19)28-17-24-15-16-27-20(21(24)26-4)22(25)29-24/h5-14,20-22H,15-17H2,1-4H3/t20-,21+,22-,24-/m1/s1. The first-order valence-electron chi connectivity index (χ1n) is 10.7. The van der Waals surface area contributed by atoms with Gasteiger partial charge in [-0.25, -0.2) is 0 Å². The third-order valence-corrected chi connectivity index (χ3v) is 11.5. The number of benzene rings is 2. The van der Waals surface area contributed by atoms with Gasteiger partial charge in [-0.05, 0) is 15.4 Å². The van der Waals surface area contributed by atoms with Crippen LogP contribution in [-0.4, -0.2) is 60.3 Å². The van der Waals surface area contributed by atoms with Gasteiger partial charge in [-0.15, -0.1) is 0 Å². The van der Waals surface area contributed by atoms with Gasteiger partial charge in [0, 0.05) is 19.5 Å². The predicted molar refractivity (Wildman–Crippen MR) is 122 cm³/mol. The fraction of sp³-hybridized carbons (Fsp3) is 0.500. The zero-order chi connectivity index (χ0) is 21.4. The molecule has 0 N–H and O–H groups in total. The molecule has 2 radical (unpaired) electrons. The van der Waals surface area contributed by atoms with Crippen molar-refractivity contribution in [1.82, 2.24) is 0 Å². The van der Waals surface area contributed by atoms with Gasteiger partial charge in [-0.2, -0.15) is 0 Å². The molecule has 2 saturated heterocycles. The Morgan fingerprint density at radius 2 is 1.60 bits per heavy atom. The highest BCUT2D eigenvalue weighted by molar-refractivity contribution is 6.99. The number of hydrogen-bond donors (Lipinski definition) is 0. The van der Waals surface area contributed by atoms with Crippen LogP contribution in [0.2, 0.25) is 5.04 Å². The summed E-state index contributed by atoms with van der Waals surface area (Å²) in [5, 5.41) is 2.40. The molecule has 0 aliphatic carbocycles. The van der Waals surface area contributed by atoms with Crippen LogP contribution in [0.5, 0.6) is 0 Å². The van der Waals surface area contributed by atoms with E-state index in [-0.39, 0.29) is 17.2 Å². The van der Waals surface area contributed by atoms with Crippen LogP contribution in [0.3, 0.4) is 0 Å². The van der Waals surface area contributed by atoms with Gasteiger partial charge in [0.05, 0.1) is 13.2 Å². The van der Waals surface area contributed by atoms with E-state index in [4.69, 9.17) is 26.5 Å². The minimum atomic E-state index is -2.66. The highest BCUT2D eigenvalue weighted by atomic mass is 28.4. The molecule has 0 spiro atoms. The van der Waals surface area contributed by atoms with Crippen molar-refractivity contribution < 1.29 is 18.6 Å². The molecule has 2 fully saturated rings. The lowest BCUT2D eigenvalue weighted by Gasteiger charge is -2.46. The zero-order valence-electron chi connectivity index (χ0n) is 18.3. The van der Waals surface area contributed by atoms with E-state index in [1.807, 2.05) is 0 Å². The van der Waals surface area contributed by atoms with Crippen molar-refractivity contribution in [2.45, 2.75) is 56.0 Å². The highest BCUT2D eigenvalue weighted by Gasteiger charge is 2.59. The maximum atomic E-state index is 7.13. The first-order chi connectivity index (χ1) is 14.3. The lowest BCUT2D eigenvalue weighted by atomic mass is 9.86. The Morgan fingerprint density at radius 1 is 1.03 bits per heavy atom. The van der Waals surface area contributed by atoms with E-state index in [1.54, 1.807) is 7.11 Å². The SMILES string of the molecule is [B][C@@H]1O[C@@]2(CO[Si](c3ccccc3)(c3ccccc3)C(C)(C)C)CCO[C@@H]1[C@@H]2OC. The lowest BCUT2D eigenvalue weighted by Crippen LogP contribution is -2.68. The summed E-state index contributed by atoms with van der Waals surface area (Å²) in [6.45, 7) is 7.85. The summed E-state index contributed by atoms with van der Waals surface area (Å²) in [7, 11) is 5.29. The predicted octanol–water partition coefficient (Wildman–Crippen LogP) is 2.63. The van der Waals surface area contributed by atoms with Crippen LogP contribution in [0, 0.1) is 0 Å². The summed E-state index contributed by atoms with van der Waals surface area (Å²) in [4.78, 5) is 0. The van der Waals surface area contributed by atoms with Crippen LogP contribution in [0.4, 0.5) is 0 Å². The van der Waals surface area contributed by atoms with Crippen molar-refractivity contribution in [3.05, 3.63) is 60.7 Å². The minimum Gasteiger partial charge on any atom is -0.404 e. The summed E-state index contributed by atoms with van der Waals surface area (Å²) < 4.78 is 25.1. The topological polar surface area (TPSA) is 36.9 Å². The highest BCUT2D eigenvalue weighted by Crippen LogP contribution is 2.43.